The Morgan fingerprint density at radius 2 is 0.826 bits per heavy atom. The molecule has 0 unspecified atom stereocenters. The van der Waals surface area contributed by atoms with Gasteiger partial charge in [0.25, 0.3) is 11.8 Å². The van der Waals surface area contributed by atoms with E-state index in [2.05, 4.69) is 0 Å². The number of amides is 2. The Bertz CT molecular complexity index is 3360. The molecule has 486 valence electrons. The highest BCUT2D eigenvalue weighted by atomic mass is 16.8. The van der Waals surface area contributed by atoms with Gasteiger partial charge in [-0.1, -0.05) is 146 Å². The second-order valence-electron chi connectivity index (χ2n) is 22.5. The number of imide groups is 1. The minimum atomic E-state index is -1.89. The fraction of sp³-hybridized carbons (Fsp3) is 0.400. The summed E-state index contributed by atoms with van der Waals surface area (Å²) in [7, 11) is 1.54. The fourth-order valence-corrected chi connectivity index (χ4v) is 11.6. The number of carbonyl (C=O) groups excluding carboxylic acids is 6. The monoisotopic (exact) mass is 1270 g/mol. The largest absolute Gasteiger partial charge is 0.497 e. The van der Waals surface area contributed by atoms with Crippen molar-refractivity contribution in [3.8, 4) is 5.75 Å². The molecule has 0 saturated carbocycles. The molecule has 0 spiro atoms. The molecule has 3 saturated heterocycles. The summed E-state index contributed by atoms with van der Waals surface area (Å²) in [6, 6.07) is 49.5. The molecule has 4 heterocycles. The van der Waals surface area contributed by atoms with Crippen molar-refractivity contribution in [2.75, 3.05) is 20.3 Å². The molecule has 0 radical (unpaired) electrons. The second-order valence-corrected chi connectivity index (χ2v) is 22.5. The third kappa shape index (κ3) is 16.9. The third-order valence-corrected chi connectivity index (χ3v) is 15.8. The predicted molar refractivity (Wildman–Crippen MR) is 324 cm³/mol. The topological polar surface area (TPSA) is 244 Å². The maximum Gasteiger partial charge on any atom is 0.303 e. The number of esters is 4. The number of rotatable bonds is 27. The Morgan fingerprint density at radius 3 is 1.35 bits per heavy atom. The predicted octanol–water partition coefficient (Wildman–Crippen LogP) is 8.17. The Morgan fingerprint density at radius 1 is 0.402 bits per heavy atom. The molecule has 92 heavy (non-hydrogen) atoms. The van der Waals surface area contributed by atoms with Crippen molar-refractivity contribution in [3.05, 3.63) is 209 Å². The standard InChI is InChI=1S/C70H75NO21/c1-42-58(81-36-48-23-13-8-14-24-48)62(82-37-49-25-15-9-16-26-49)64(83-38-50-27-17-10-18-28-50)69(85-42)92-61-57(71-66(76)53-29-19-20-30-54(53)67(71)77)68(84-39-51-31-33-52(78-6)34-32-51)89-55(40-79-35-47-21-11-7-12-22-47)59(61)91-70-65(88-46(5)75)63(87-45(4)74)60(86-44(3)73)56(90-70)41-80-43(2)72/h7-34,42,55-65,68-70H,35-41H2,1-6H3/t42-,55+,56+,57+,58+,59+,60-,61+,62+,63-,64-,65+,68+,69-,70-/m0/s1. The first-order chi connectivity index (χ1) is 44.6. The molecule has 0 aliphatic carbocycles. The van der Waals surface area contributed by atoms with Gasteiger partial charge in [-0.05, 0) is 59.0 Å². The van der Waals surface area contributed by atoms with Crippen molar-refractivity contribution in [1.82, 2.24) is 4.90 Å². The van der Waals surface area contributed by atoms with Crippen LogP contribution in [0.4, 0.5) is 0 Å². The first-order valence-electron chi connectivity index (χ1n) is 30.3. The van der Waals surface area contributed by atoms with Crippen molar-refractivity contribution in [2.24, 2.45) is 0 Å². The van der Waals surface area contributed by atoms with Crippen molar-refractivity contribution < 1.29 is 99.8 Å². The summed E-state index contributed by atoms with van der Waals surface area (Å²) in [6.45, 7) is 5.37. The van der Waals surface area contributed by atoms with E-state index < -0.39 is 134 Å². The third-order valence-electron chi connectivity index (χ3n) is 15.8. The van der Waals surface area contributed by atoms with Gasteiger partial charge in [-0.15, -0.1) is 0 Å². The van der Waals surface area contributed by atoms with Crippen LogP contribution in [0, 0.1) is 0 Å². The van der Waals surface area contributed by atoms with Crippen LogP contribution in [0.5, 0.6) is 5.75 Å². The molecule has 3 fully saturated rings. The minimum absolute atomic E-state index is 0.0104. The molecule has 2 amide bonds. The van der Waals surface area contributed by atoms with Crippen LogP contribution >= 0.6 is 0 Å². The number of carbonyl (C=O) groups is 6. The number of hydrogen-bond donors (Lipinski definition) is 0. The lowest BCUT2D eigenvalue weighted by molar-refractivity contribution is -0.383. The molecule has 4 aliphatic rings. The van der Waals surface area contributed by atoms with Gasteiger partial charge in [0.15, 0.2) is 37.2 Å². The fourth-order valence-electron chi connectivity index (χ4n) is 11.6. The molecule has 6 aromatic carbocycles. The van der Waals surface area contributed by atoms with Gasteiger partial charge in [0, 0.05) is 27.7 Å². The van der Waals surface area contributed by atoms with E-state index in [-0.39, 0.29) is 50.8 Å². The number of benzene rings is 6. The van der Waals surface area contributed by atoms with Gasteiger partial charge in [0.1, 0.15) is 61.1 Å². The lowest BCUT2D eigenvalue weighted by Crippen LogP contribution is -2.71. The molecular formula is C70H75NO21. The normalized spacial score (nSPS) is 26.9. The van der Waals surface area contributed by atoms with Gasteiger partial charge < -0.3 is 71.1 Å². The molecule has 4 aliphatic heterocycles. The summed E-state index contributed by atoms with van der Waals surface area (Å²) in [5.41, 5.74) is 4.02. The maximum atomic E-state index is 15.4. The van der Waals surface area contributed by atoms with Gasteiger partial charge in [-0.3, -0.25) is 33.7 Å². The lowest BCUT2D eigenvalue weighted by Gasteiger charge is -2.52. The van der Waals surface area contributed by atoms with Crippen molar-refractivity contribution in [1.29, 1.82) is 0 Å². The first-order valence-corrected chi connectivity index (χ1v) is 30.3. The number of fused-ring (bicyclic) bond motifs is 1. The Labute approximate surface area is 533 Å². The Hall–Kier alpha value is -8.26. The SMILES string of the molecule is COc1ccc(CO[C@@H]2O[C@H](COCc3ccccc3)[C@@H](O[C@@H]3O[C@H](COC(C)=O)[C@H](OC(C)=O)[C@H](OC(C)=O)[C@H]3OC(C)=O)[C@H](O[C@@H]3O[C@@H](C)[C@@H](OCc4ccccc4)[C@@H](OCc4ccccc4)[C@@H]3OCc3ccccc3)[C@H]2N2C(=O)c3ccccc3C2=O)cc1. The molecule has 15 atom stereocenters. The summed E-state index contributed by atoms with van der Waals surface area (Å²) in [5.74, 6) is -4.34. The summed E-state index contributed by atoms with van der Waals surface area (Å²) in [5, 5.41) is 0. The molecule has 0 bridgehead atoms. The average molecular weight is 1270 g/mol. The molecule has 0 aromatic heterocycles. The van der Waals surface area contributed by atoms with Crippen molar-refractivity contribution >= 4 is 35.7 Å². The molecule has 6 aromatic rings. The maximum absolute atomic E-state index is 15.4. The van der Waals surface area contributed by atoms with E-state index in [9.17, 15) is 19.2 Å². The van der Waals surface area contributed by atoms with E-state index in [1.165, 1.54) is 19.2 Å². The Balaban J connectivity index is 1.16. The molecular weight excluding hydrogens is 1190 g/mol. The van der Waals surface area contributed by atoms with Gasteiger partial charge in [-0.25, -0.2) is 0 Å². The van der Waals surface area contributed by atoms with E-state index in [0.717, 1.165) is 54.8 Å². The zero-order valence-corrected chi connectivity index (χ0v) is 51.8. The zero-order chi connectivity index (χ0) is 64.7. The van der Waals surface area contributed by atoms with E-state index in [1.807, 2.05) is 121 Å². The number of nitrogens with zero attached hydrogens (tertiary/aromatic N) is 1. The van der Waals surface area contributed by atoms with Crippen molar-refractivity contribution in [3.63, 3.8) is 0 Å². The highest BCUT2D eigenvalue weighted by molar-refractivity contribution is 6.21. The van der Waals surface area contributed by atoms with E-state index in [0.29, 0.717) is 11.3 Å². The first kappa shape index (κ1) is 66.7. The zero-order valence-electron chi connectivity index (χ0n) is 51.8. The van der Waals surface area contributed by atoms with Crippen LogP contribution in [0.1, 0.15) is 83.2 Å². The number of ether oxygens (including phenoxy) is 15. The summed E-state index contributed by atoms with van der Waals surface area (Å²) >= 11 is 0. The molecule has 22 nitrogen and oxygen atoms in total. The van der Waals surface area contributed by atoms with Gasteiger partial charge in [0.2, 0.25) is 0 Å². The van der Waals surface area contributed by atoms with E-state index >= 15 is 9.59 Å². The smallest absolute Gasteiger partial charge is 0.303 e. The lowest BCUT2D eigenvalue weighted by atomic mass is 9.93. The van der Waals surface area contributed by atoms with E-state index in [1.54, 1.807) is 43.3 Å². The Kier molecular flexibility index (Phi) is 23.1. The van der Waals surface area contributed by atoms with Crippen molar-refractivity contribution in [2.45, 2.75) is 160 Å². The van der Waals surface area contributed by atoms with Crippen LogP contribution in [-0.2, 0) is 119 Å². The van der Waals surface area contributed by atoms with Crippen LogP contribution in [-0.4, -0.2) is 153 Å². The van der Waals surface area contributed by atoms with Crippen LogP contribution in [0.25, 0.3) is 0 Å². The van der Waals surface area contributed by atoms with Crippen LogP contribution < -0.4 is 4.74 Å². The average Bonchev–Trinajstić information content (AvgIpc) is 1.42. The molecule has 0 N–H and O–H groups in total. The van der Waals surface area contributed by atoms with E-state index in [4.69, 9.17) is 71.1 Å². The highest BCUT2D eigenvalue weighted by Gasteiger charge is 2.61. The number of methoxy groups -OCH3 is 1. The number of hydrogen-bond acceptors (Lipinski definition) is 21. The summed E-state index contributed by atoms with van der Waals surface area (Å²) in [4.78, 5) is 83.9. The van der Waals surface area contributed by atoms with Gasteiger partial charge in [0.05, 0.1) is 64.0 Å². The van der Waals surface area contributed by atoms with Crippen LogP contribution in [0.15, 0.2) is 170 Å². The molecule has 10 rings (SSSR count). The van der Waals surface area contributed by atoms with Crippen LogP contribution in [0.3, 0.4) is 0 Å². The second kappa shape index (κ2) is 31.9. The van der Waals surface area contributed by atoms with Gasteiger partial charge >= 0.3 is 23.9 Å². The van der Waals surface area contributed by atoms with Crippen LogP contribution in [0.2, 0.25) is 0 Å². The van der Waals surface area contributed by atoms with Gasteiger partial charge in [-0.2, -0.15) is 0 Å². The quantitative estimate of drug-likeness (QED) is 0.0268. The highest BCUT2D eigenvalue weighted by Crippen LogP contribution is 2.42. The summed E-state index contributed by atoms with van der Waals surface area (Å²) < 4.78 is 98.5. The minimum Gasteiger partial charge on any atom is -0.497 e. The summed E-state index contributed by atoms with van der Waals surface area (Å²) in [6.07, 6.45) is -20.2. The molecule has 22 heteroatoms.